The Morgan fingerprint density at radius 1 is 1.14 bits per heavy atom. The Morgan fingerprint density at radius 3 is 2.90 bits per heavy atom. The smallest absolute Gasteiger partial charge is 0.256 e. The zero-order valence-electron chi connectivity index (χ0n) is 16.8. The first kappa shape index (κ1) is 18.2. The van der Waals surface area contributed by atoms with Crippen LogP contribution in [-0.4, -0.2) is 23.5 Å². The predicted molar refractivity (Wildman–Crippen MR) is 120 cm³/mol. The summed E-state index contributed by atoms with van der Waals surface area (Å²) >= 11 is 0. The van der Waals surface area contributed by atoms with Gasteiger partial charge in [-0.2, -0.15) is 0 Å². The van der Waals surface area contributed by atoms with Gasteiger partial charge in [-0.3, -0.25) is 4.79 Å². The number of allylic oxidation sites excluding steroid dienone is 1. The molecule has 1 fully saturated rings. The van der Waals surface area contributed by atoms with E-state index in [-0.39, 0.29) is 5.91 Å². The Morgan fingerprint density at radius 2 is 2.03 bits per heavy atom. The van der Waals surface area contributed by atoms with Gasteiger partial charge in [0.2, 0.25) is 0 Å². The van der Waals surface area contributed by atoms with Crippen molar-refractivity contribution in [3.63, 3.8) is 0 Å². The normalized spacial score (nSPS) is 20.2. The minimum Gasteiger partial charge on any atom is -0.355 e. The van der Waals surface area contributed by atoms with Crippen molar-refractivity contribution in [3.8, 4) is 0 Å². The predicted octanol–water partition coefficient (Wildman–Crippen LogP) is 5.13. The first-order valence-electron chi connectivity index (χ1n) is 10.7. The number of carbonyl (C=O) groups excluding carboxylic acids is 1. The van der Waals surface area contributed by atoms with Gasteiger partial charge in [-0.15, -0.1) is 0 Å². The molecule has 1 amide bonds. The molecule has 2 aromatic carbocycles. The van der Waals surface area contributed by atoms with Gasteiger partial charge in [0, 0.05) is 33.9 Å². The number of aromatic nitrogens is 1. The average Bonchev–Trinajstić information content (AvgIpc) is 3.45. The van der Waals surface area contributed by atoms with Gasteiger partial charge >= 0.3 is 0 Å². The zero-order chi connectivity index (χ0) is 19.8. The standard InChI is InChI=1S/C25H27N3O/c1-16(24-20-9-2-3-10-22(20)28-25(24)29)23-15-18-14-17(11-12-21(18)27-23)6-4-7-19-8-5-13-26-19/h2-3,9-12,14-15,19,26-27H,4-8,13H2,1H3,(H,28,29)/b24-16-. The van der Waals surface area contributed by atoms with Gasteiger partial charge in [0.25, 0.3) is 5.91 Å². The molecule has 2 aliphatic heterocycles. The lowest BCUT2D eigenvalue weighted by molar-refractivity contribution is -0.110. The second-order valence-electron chi connectivity index (χ2n) is 8.29. The van der Waals surface area contributed by atoms with Gasteiger partial charge in [0.05, 0.1) is 5.57 Å². The number of H-pyrrole nitrogens is 1. The van der Waals surface area contributed by atoms with Crippen LogP contribution in [0.15, 0.2) is 48.5 Å². The fraction of sp³-hybridized carbons (Fsp3) is 0.320. The summed E-state index contributed by atoms with van der Waals surface area (Å²) in [6.07, 6.45) is 6.24. The molecule has 29 heavy (non-hydrogen) atoms. The second kappa shape index (κ2) is 7.53. The van der Waals surface area contributed by atoms with Crippen molar-refractivity contribution in [2.24, 2.45) is 0 Å². The minimum absolute atomic E-state index is 0.0245. The van der Waals surface area contributed by atoms with Crippen molar-refractivity contribution in [1.29, 1.82) is 0 Å². The molecule has 0 saturated carbocycles. The average molecular weight is 386 g/mol. The molecule has 1 unspecified atom stereocenters. The fourth-order valence-electron chi connectivity index (χ4n) is 4.72. The van der Waals surface area contributed by atoms with E-state index in [0.29, 0.717) is 6.04 Å². The van der Waals surface area contributed by atoms with Crippen LogP contribution in [-0.2, 0) is 11.2 Å². The number of amides is 1. The molecule has 3 aromatic rings. The first-order valence-corrected chi connectivity index (χ1v) is 10.7. The van der Waals surface area contributed by atoms with E-state index in [1.807, 2.05) is 31.2 Å². The summed E-state index contributed by atoms with van der Waals surface area (Å²) in [4.78, 5) is 16.1. The number of aryl methyl sites for hydroxylation is 1. The van der Waals surface area contributed by atoms with Crippen LogP contribution in [0.25, 0.3) is 22.0 Å². The minimum atomic E-state index is -0.0245. The Labute approximate surface area is 171 Å². The third-order valence-corrected chi connectivity index (χ3v) is 6.32. The molecular weight excluding hydrogens is 358 g/mol. The van der Waals surface area contributed by atoms with Crippen molar-refractivity contribution in [2.75, 3.05) is 11.9 Å². The molecule has 0 radical (unpaired) electrons. The molecule has 3 heterocycles. The van der Waals surface area contributed by atoms with Crippen LogP contribution in [0.1, 0.15) is 49.4 Å². The Kier molecular flexibility index (Phi) is 4.72. The van der Waals surface area contributed by atoms with E-state index in [1.165, 1.54) is 43.2 Å². The molecule has 1 aromatic heterocycles. The number of anilines is 1. The van der Waals surface area contributed by atoms with E-state index < -0.39 is 0 Å². The molecule has 3 N–H and O–H groups in total. The number of carbonyl (C=O) groups is 1. The van der Waals surface area contributed by atoms with Crippen LogP contribution in [0, 0.1) is 0 Å². The van der Waals surface area contributed by atoms with Crippen LogP contribution in [0.5, 0.6) is 0 Å². The van der Waals surface area contributed by atoms with Crippen LogP contribution in [0.2, 0.25) is 0 Å². The topological polar surface area (TPSA) is 56.9 Å². The number of rotatable bonds is 5. The van der Waals surface area contributed by atoms with Crippen LogP contribution < -0.4 is 10.6 Å². The highest BCUT2D eigenvalue weighted by atomic mass is 16.2. The molecular formula is C25H27N3O. The maximum Gasteiger partial charge on any atom is 0.256 e. The molecule has 0 bridgehead atoms. The first-order chi connectivity index (χ1) is 14.2. The lowest BCUT2D eigenvalue weighted by atomic mass is 10.00. The number of hydrogen-bond donors (Lipinski definition) is 3. The van der Waals surface area contributed by atoms with Gasteiger partial charge in [-0.1, -0.05) is 24.3 Å². The molecule has 2 aliphatic rings. The molecule has 4 nitrogen and oxygen atoms in total. The maximum absolute atomic E-state index is 12.6. The Bertz CT molecular complexity index is 1100. The fourth-order valence-corrected chi connectivity index (χ4v) is 4.72. The second-order valence-corrected chi connectivity index (χ2v) is 8.29. The van der Waals surface area contributed by atoms with Gasteiger partial charge < -0.3 is 15.6 Å². The summed E-state index contributed by atoms with van der Waals surface area (Å²) in [5, 5.41) is 7.77. The summed E-state index contributed by atoms with van der Waals surface area (Å²) in [5.41, 5.74) is 7.13. The Balaban J connectivity index is 1.39. The molecule has 1 atom stereocenters. The molecule has 0 spiro atoms. The van der Waals surface area contributed by atoms with Crippen molar-refractivity contribution < 1.29 is 4.79 Å². The monoisotopic (exact) mass is 385 g/mol. The SMILES string of the molecule is C/C(=C1/C(=O)Nc2ccccc21)c1cc2cc(CCCC3CCCN3)ccc2[nH]1. The molecule has 1 saturated heterocycles. The summed E-state index contributed by atoms with van der Waals surface area (Å²) in [5.74, 6) is -0.0245. The van der Waals surface area contributed by atoms with E-state index in [9.17, 15) is 4.79 Å². The summed E-state index contributed by atoms with van der Waals surface area (Å²) in [6, 6.07) is 17.5. The van der Waals surface area contributed by atoms with Gasteiger partial charge in [0.15, 0.2) is 0 Å². The van der Waals surface area contributed by atoms with E-state index in [0.717, 1.165) is 40.0 Å². The number of nitrogens with one attached hydrogen (secondary N) is 3. The highest BCUT2D eigenvalue weighted by Crippen LogP contribution is 2.37. The number of aromatic amines is 1. The third kappa shape index (κ3) is 3.49. The van der Waals surface area contributed by atoms with E-state index in [2.05, 4.69) is 39.9 Å². The summed E-state index contributed by atoms with van der Waals surface area (Å²) in [6.45, 7) is 3.21. The van der Waals surface area contributed by atoms with E-state index in [1.54, 1.807) is 0 Å². The van der Waals surface area contributed by atoms with Crippen LogP contribution >= 0.6 is 0 Å². The lowest BCUT2D eigenvalue weighted by Gasteiger charge is -2.09. The van der Waals surface area contributed by atoms with Crippen molar-refractivity contribution in [2.45, 2.75) is 45.1 Å². The lowest BCUT2D eigenvalue weighted by Crippen LogP contribution is -2.20. The highest BCUT2D eigenvalue weighted by molar-refractivity contribution is 6.36. The quantitative estimate of drug-likeness (QED) is 0.534. The van der Waals surface area contributed by atoms with Crippen LogP contribution in [0.4, 0.5) is 5.69 Å². The largest absolute Gasteiger partial charge is 0.355 e. The van der Waals surface area contributed by atoms with Gasteiger partial charge in [-0.05, 0) is 81.0 Å². The zero-order valence-corrected chi connectivity index (χ0v) is 16.8. The number of hydrogen-bond acceptors (Lipinski definition) is 2. The van der Waals surface area contributed by atoms with Crippen molar-refractivity contribution >= 4 is 33.6 Å². The maximum atomic E-state index is 12.6. The molecule has 0 aliphatic carbocycles. The molecule has 148 valence electrons. The van der Waals surface area contributed by atoms with E-state index in [4.69, 9.17) is 0 Å². The number of benzene rings is 2. The molecule has 4 heteroatoms. The van der Waals surface area contributed by atoms with Crippen molar-refractivity contribution in [1.82, 2.24) is 10.3 Å². The van der Waals surface area contributed by atoms with Crippen LogP contribution in [0.3, 0.4) is 0 Å². The third-order valence-electron chi connectivity index (χ3n) is 6.32. The number of fused-ring (bicyclic) bond motifs is 2. The van der Waals surface area contributed by atoms with Gasteiger partial charge in [0.1, 0.15) is 0 Å². The summed E-state index contributed by atoms with van der Waals surface area (Å²) < 4.78 is 0. The summed E-state index contributed by atoms with van der Waals surface area (Å²) in [7, 11) is 0. The highest BCUT2D eigenvalue weighted by Gasteiger charge is 2.26. The van der Waals surface area contributed by atoms with E-state index >= 15 is 0 Å². The van der Waals surface area contributed by atoms with Gasteiger partial charge in [-0.25, -0.2) is 0 Å². The van der Waals surface area contributed by atoms with Crippen molar-refractivity contribution in [3.05, 3.63) is 65.4 Å². The molecule has 5 rings (SSSR count). The Hall–Kier alpha value is -2.85. The number of para-hydroxylation sites is 1.